The van der Waals surface area contributed by atoms with Crippen molar-refractivity contribution in [1.29, 1.82) is 5.26 Å². The van der Waals surface area contributed by atoms with E-state index in [1.165, 1.54) is 0 Å². The minimum absolute atomic E-state index is 0.144. The van der Waals surface area contributed by atoms with Crippen molar-refractivity contribution in [2.24, 2.45) is 0 Å². The second-order valence-corrected chi connectivity index (χ2v) is 4.58. The van der Waals surface area contributed by atoms with Crippen LogP contribution < -0.4 is 0 Å². The van der Waals surface area contributed by atoms with Crippen molar-refractivity contribution in [3.05, 3.63) is 35.4 Å². The SMILES string of the molecule is COC(C)(C)CCOCc1cccc(C#N)c1. The van der Waals surface area contributed by atoms with Gasteiger partial charge in [-0.1, -0.05) is 12.1 Å². The molecular weight excluding hydrogens is 214 g/mol. The number of ether oxygens (including phenoxy) is 2. The lowest BCUT2D eigenvalue weighted by molar-refractivity contribution is -0.0124. The summed E-state index contributed by atoms with van der Waals surface area (Å²) in [6.45, 7) is 5.26. The van der Waals surface area contributed by atoms with Crippen LogP contribution in [0.25, 0.3) is 0 Å². The van der Waals surface area contributed by atoms with Crippen LogP contribution in [0.2, 0.25) is 0 Å². The molecule has 0 aliphatic heterocycles. The zero-order valence-electron chi connectivity index (χ0n) is 10.7. The third-order valence-corrected chi connectivity index (χ3v) is 2.73. The summed E-state index contributed by atoms with van der Waals surface area (Å²) in [7, 11) is 1.70. The van der Waals surface area contributed by atoms with E-state index in [1.54, 1.807) is 13.2 Å². The highest BCUT2D eigenvalue weighted by molar-refractivity contribution is 5.32. The number of benzene rings is 1. The van der Waals surface area contributed by atoms with Gasteiger partial charge in [-0.3, -0.25) is 0 Å². The van der Waals surface area contributed by atoms with Crippen molar-refractivity contribution in [2.75, 3.05) is 13.7 Å². The fourth-order valence-corrected chi connectivity index (χ4v) is 1.34. The second-order valence-electron chi connectivity index (χ2n) is 4.58. The van der Waals surface area contributed by atoms with Crippen LogP contribution in [-0.2, 0) is 16.1 Å². The van der Waals surface area contributed by atoms with Crippen molar-refractivity contribution >= 4 is 0 Å². The van der Waals surface area contributed by atoms with Crippen LogP contribution in [0.1, 0.15) is 31.4 Å². The standard InChI is InChI=1S/C14H19NO2/c1-14(2,16-3)7-8-17-11-13-6-4-5-12(9-13)10-15/h4-6,9H,7-8,11H2,1-3H3. The number of methoxy groups -OCH3 is 1. The van der Waals surface area contributed by atoms with Gasteiger partial charge in [-0.15, -0.1) is 0 Å². The number of hydrogen-bond donors (Lipinski definition) is 0. The van der Waals surface area contributed by atoms with E-state index in [2.05, 4.69) is 6.07 Å². The molecule has 0 saturated carbocycles. The summed E-state index contributed by atoms with van der Waals surface area (Å²) in [6.07, 6.45) is 0.849. The molecule has 1 aromatic rings. The van der Waals surface area contributed by atoms with E-state index < -0.39 is 0 Å². The van der Waals surface area contributed by atoms with Gasteiger partial charge in [-0.2, -0.15) is 5.26 Å². The van der Waals surface area contributed by atoms with Crippen molar-refractivity contribution in [3.63, 3.8) is 0 Å². The van der Waals surface area contributed by atoms with Gasteiger partial charge in [0.1, 0.15) is 0 Å². The van der Waals surface area contributed by atoms with Gasteiger partial charge in [0.25, 0.3) is 0 Å². The van der Waals surface area contributed by atoms with Gasteiger partial charge < -0.3 is 9.47 Å². The minimum atomic E-state index is -0.144. The van der Waals surface area contributed by atoms with E-state index in [0.717, 1.165) is 12.0 Å². The molecule has 17 heavy (non-hydrogen) atoms. The maximum absolute atomic E-state index is 8.76. The van der Waals surface area contributed by atoms with Gasteiger partial charge in [0.15, 0.2) is 0 Å². The van der Waals surface area contributed by atoms with Crippen LogP contribution in [0, 0.1) is 11.3 Å². The number of hydrogen-bond acceptors (Lipinski definition) is 3. The van der Waals surface area contributed by atoms with Crippen LogP contribution in [0.5, 0.6) is 0 Å². The first-order valence-corrected chi connectivity index (χ1v) is 5.69. The lowest BCUT2D eigenvalue weighted by Crippen LogP contribution is -2.24. The molecule has 0 aliphatic rings. The molecule has 92 valence electrons. The van der Waals surface area contributed by atoms with Crippen molar-refractivity contribution in [1.82, 2.24) is 0 Å². The Hall–Kier alpha value is -1.37. The van der Waals surface area contributed by atoms with Crippen LogP contribution in [0.15, 0.2) is 24.3 Å². The van der Waals surface area contributed by atoms with E-state index in [-0.39, 0.29) is 5.60 Å². The minimum Gasteiger partial charge on any atom is -0.379 e. The first-order chi connectivity index (χ1) is 8.07. The summed E-state index contributed by atoms with van der Waals surface area (Å²) in [5.74, 6) is 0. The molecule has 0 aliphatic carbocycles. The topological polar surface area (TPSA) is 42.2 Å². The molecule has 0 unspecified atom stereocenters. The molecule has 0 spiro atoms. The predicted molar refractivity (Wildman–Crippen MR) is 66.5 cm³/mol. The van der Waals surface area contributed by atoms with Crippen LogP contribution >= 0.6 is 0 Å². The van der Waals surface area contributed by atoms with Gasteiger partial charge in [0.05, 0.1) is 23.8 Å². The van der Waals surface area contributed by atoms with E-state index in [4.69, 9.17) is 14.7 Å². The summed E-state index contributed by atoms with van der Waals surface area (Å²) in [5, 5.41) is 8.76. The lowest BCUT2D eigenvalue weighted by atomic mass is 10.1. The fourth-order valence-electron chi connectivity index (χ4n) is 1.34. The number of rotatable bonds is 6. The third kappa shape index (κ3) is 4.99. The Morgan fingerprint density at radius 1 is 1.35 bits per heavy atom. The van der Waals surface area contributed by atoms with E-state index in [0.29, 0.717) is 18.8 Å². The number of nitrogens with zero attached hydrogens (tertiary/aromatic N) is 1. The van der Waals surface area contributed by atoms with Gasteiger partial charge in [-0.05, 0) is 38.0 Å². The van der Waals surface area contributed by atoms with Gasteiger partial charge in [0.2, 0.25) is 0 Å². The molecule has 0 bridgehead atoms. The predicted octanol–water partition coefficient (Wildman–Crippen LogP) is 2.89. The Morgan fingerprint density at radius 2 is 2.12 bits per heavy atom. The van der Waals surface area contributed by atoms with Crippen molar-refractivity contribution in [2.45, 2.75) is 32.5 Å². The Labute approximate surface area is 103 Å². The van der Waals surface area contributed by atoms with Gasteiger partial charge in [0, 0.05) is 13.7 Å². The molecule has 3 nitrogen and oxygen atoms in total. The fraction of sp³-hybridized carbons (Fsp3) is 0.500. The lowest BCUT2D eigenvalue weighted by Gasteiger charge is -2.22. The van der Waals surface area contributed by atoms with Gasteiger partial charge in [-0.25, -0.2) is 0 Å². The molecule has 0 amide bonds. The molecule has 1 rings (SSSR count). The summed E-state index contributed by atoms with van der Waals surface area (Å²) in [5.41, 5.74) is 1.55. The summed E-state index contributed by atoms with van der Waals surface area (Å²) < 4.78 is 10.9. The maximum atomic E-state index is 8.76. The summed E-state index contributed by atoms with van der Waals surface area (Å²) >= 11 is 0. The molecule has 0 aromatic heterocycles. The highest BCUT2D eigenvalue weighted by atomic mass is 16.5. The second kappa shape index (κ2) is 6.39. The Morgan fingerprint density at radius 3 is 2.76 bits per heavy atom. The maximum Gasteiger partial charge on any atom is 0.0991 e. The molecule has 0 atom stereocenters. The summed E-state index contributed by atoms with van der Waals surface area (Å²) in [4.78, 5) is 0. The van der Waals surface area contributed by atoms with Gasteiger partial charge >= 0.3 is 0 Å². The molecular formula is C14H19NO2. The third-order valence-electron chi connectivity index (χ3n) is 2.73. The molecule has 3 heteroatoms. The highest BCUT2D eigenvalue weighted by Gasteiger charge is 2.15. The molecule has 0 saturated heterocycles. The summed E-state index contributed by atoms with van der Waals surface area (Å²) in [6, 6.07) is 9.59. The van der Waals surface area contributed by atoms with Crippen molar-refractivity contribution in [3.8, 4) is 6.07 Å². The van der Waals surface area contributed by atoms with E-state index in [9.17, 15) is 0 Å². The molecule has 1 aromatic carbocycles. The van der Waals surface area contributed by atoms with Crippen LogP contribution in [0.4, 0.5) is 0 Å². The average Bonchev–Trinajstić information content (AvgIpc) is 2.35. The van der Waals surface area contributed by atoms with Crippen LogP contribution in [-0.4, -0.2) is 19.3 Å². The van der Waals surface area contributed by atoms with E-state index in [1.807, 2.05) is 32.0 Å². The van der Waals surface area contributed by atoms with E-state index >= 15 is 0 Å². The zero-order valence-corrected chi connectivity index (χ0v) is 10.7. The Balaban J connectivity index is 2.34. The average molecular weight is 233 g/mol. The normalized spacial score (nSPS) is 11.2. The molecule has 0 N–H and O–H groups in total. The quantitative estimate of drug-likeness (QED) is 0.709. The Bertz CT molecular complexity index is 393. The molecule has 0 radical (unpaired) electrons. The Kier molecular flexibility index (Phi) is 5.14. The zero-order chi connectivity index (χ0) is 12.7. The van der Waals surface area contributed by atoms with Crippen molar-refractivity contribution < 1.29 is 9.47 Å². The van der Waals surface area contributed by atoms with Crippen LogP contribution in [0.3, 0.4) is 0 Å². The first-order valence-electron chi connectivity index (χ1n) is 5.69. The number of nitriles is 1. The smallest absolute Gasteiger partial charge is 0.0991 e. The molecule has 0 fully saturated rings. The first kappa shape index (κ1) is 13.7. The highest BCUT2D eigenvalue weighted by Crippen LogP contribution is 2.13. The largest absolute Gasteiger partial charge is 0.379 e. The monoisotopic (exact) mass is 233 g/mol. The molecule has 0 heterocycles.